The van der Waals surface area contributed by atoms with Crippen LogP contribution in [0.3, 0.4) is 0 Å². The largest absolute Gasteiger partial charge is 0.308 e. The van der Waals surface area contributed by atoms with E-state index in [0.29, 0.717) is 5.54 Å². The molecule has 1 aliphatic heterocycles. The Morgan fingerprint density at radius 1 is 1.16 bits per heavy atom. The van der Waals surface area contributed by atoms with Gasteiger partial charge in [-0.3, -0.25) is 4.90 Å². The van der Waals surface area contributed by atoms with Gasteiger partial charge < -0.3 is 5.32 Å². The number of piperazine rings is 1. The summed E-state index contributed by atoms with van der Waals surface area (Å²) in [5.74, 6) is 1.94. The molecule has 1 spiro atoms. The van der Waals surface area contributed by atoms with Crippen LogP contribution < -0.4 is 5.32 Å². The minimum atomic E-state index is 0.494. The van der Waals surface area contributed by atoms with Gasteiger partial charge in [-0.25, -0.2) is 0 Å². The molecule has 3 aliphatic rings. The van der Waals surface area contributed by atoms with Crippen molar-refractivity contribution in [3.8, 4) is 0 Å². The fraction of sp³-hybridized carbons (Fsp3) is 1.00. The van der Waals surface area contributed by atoms with E-state index < -0.39 is 0 Å². The maximum absolute atomic E-state index is 3.92. The first-order valence-electron chi connectivity index (χ1n) is 8.71. The third-order valence-corrected chi connectivity index (χ3v) is 6.27. The predicted molar refractivity (Wildman–Crippen MR) is 81.4 cm³/mol. The molecule has 1 saturated heterocycles. The van der Waals surface area contributed by atoms with Gasteiger partial charge in [0.1, 0.15) is 0 Å². The van der Waals surface area contributed by atoms with E-state index in [1.807, 2.05) is 0 Å². The summed E-state index contributed by atoms with van der Waals surface area (Å²) in [6.45, 7) is 8.78. The van der Waals surface area contributed by atoms with Crippen molar-refractivity contribution in [3.05, 3.63) is 0 Å². The van der Waals surface area contributed by atoms with E-state index in [-0.39, 0.29) is 0 Å². The van der Waals surface area contributed by atoms with E-state index in [2.05, 4.69) is 24.1 Å². The molecule has 2 heteroatoms. The van der Waals surface area contributed by atoms with Crippen molar-refractivity contribution in [2.75, 3.05) is 19.6 Å². The fourth-order valence-electron chi connectivity index (χ4n) is 4.83. The lowest BCUT2D eigenvalue weighted by Crippen LogP contribution is -2.63. The summed E-state index contributed by atoms with van der Waals surface area (Å²) in [6, 6.07) is 0.791. The minimum Gasteiger partial charge on any atom is -0.308 e. The highest BCUT2D eigenvalue weighted by Crippen LogP contribution is 2.36. The third kappa shape index (κ3) is 2.85. The zero-order chi connectivity index (χ0) is 13.3. The van der Waals surface area contributed by atoms with Crippen LogP contribution in [0.2, 0.25) is 0 Å². The van der Waals surface area contributed by atoms with Crippen molar-refractivity contribution in [1.82, 2.24) is 10.2 Å². The molecule has 2 aliphatic carbocycles. The van der Waals surface area contributed by atoms with Crippen LogP contribution in [0, 0.1) is 11.8 Å². The average Bonchev–Trinajstić information content (AvgIpc) is 3.01. The number of nitrogens with zero attached hydrogens (tertiary/aromatic N) is 1. The van der Waals surface area contributed by atoms with Crippen LogP contribution in [0.1, 0.15) is 65.2 Å². The summed E-state index contributed by atoms with van der Waals surface area (Å²) in [7, 11) is 0. The zero-order valence-electron chi connectivity index (χ0n) is 13.0. The van der Waals surface area contributed by atoms with Crippen molar-refractivity contribution in [3.63, 3.8) is 0 Å². The molecule has 110 valence electrons. The van der Waals surface area contributed by atoms with Gasteiger partial charge in [0.05, 0.1) is 0 Å². The molecule has 3 atom stereocenters. The van der Waals surface area contributed by atoms with Gasteiger partial charge in [0.2, 0.25) is 0 Å². The van der Waals surface area contributed by atoms with Crippen molar-refractivity contribution >= 4 is 0 Å². The van der Waals surface area contributed by atoms with Gasteiger partial charge in [0.15, 0.2) is 0 Å². The second-order valence-electron chi connectivity index (χ2n) is 7.53. The Hall–Kier alpha value is -0.0800. The highest BCUT2D eigenvalue weighted by Gasteiger charge is 2.41. The summed E-state index contributed by atoms with van der Waals surface area (Å²) in [5, 5.41) is 3.92. The monoisotopic (exact) mass is 264 g/mol. The van der Waals surface area contributed by atoms with Crippen molar-refractivity contribution in [2.45, 2.75) is 76.8 Å². The van der Waals surface area contributed by atoms with Crippen LogP contribution in [0.15, 0.2) is 0 Å². The smallest absolute Gasteiger partial charge is 0.0309 e. The summed E-state index contributed by atoms with van der Waals surface area (Å²) >= 11 is 0. The Balaban J connectivity index is 1.65. The highest BCUT2D eigenvalue weighted by atomic mass is 15.3. The molecule has 3 fully saturated rings. The SMILES string of the molecule is CCC1CNC2(CCCC2)CN1CC1CCCC1C. The molecule has 2 nitrogen and oxygen atoms in total. The summed E-state index contributed by atoms with van der Waals surface area (Å²) in [6.07, 6.45) is 11.5. The zero-order valence-corrected chi connectivity index (χ0v) is 13.0. The highest BCUT2D eigenvalue weighted by molar-refractivity contribution is 5.01. The van der Waals surface area contributed by atoms with E-state index in [0.717, 1.165) is 17.9 Å². The fourth-order valence-corrected chi connectivity index (χ4v) is 4.83. The van der Waals surface area contributed by atoms with Gasteiger partial charge in [0.25, 0.3) is 0 Å². The third-order valence-electron chi connectivity index (χ3n) is 6.27. The maximum atomic E-state index is 3.92. The van der Waals surface area contributed by atoms with Crippen LogP contribution in [-0.2, 0) is 0 Å². The molecule has 2 saturated carbocycles. The molecule has 0 bridgehead atoms. The lowest BCUT2D eigenvalue weighted by atomic mass is 9.89. The second kappa shape index (κ2) is 5.73. The molecule has 0 amide bonds. The molecule has 1 N–H and O–H groups in total. The Kier molecular flexibility index (Phi) is 4.19. The predicted octanol–water partition coefficient (Wildman–Crippen LogP) is 3.42. The van der Waals surface area contributed by atoms with Gasteiger partial charge in [-0.15, -0.1) is 0 Å². The summed E-state index contributed by atoms with van der Waals surface area (Å²) in [5.41, 5.74) is 0.494. The first-order chi connectivity index (χ1) is 9.22. The van der Waals surface area contributed by atoms with Gasteiger partial charge in [-0.1, -0.05) is 39.5 Å². The van der Waals surface area contributed by atoms with Gasteiger partial charge >= 0.3 is 0 Å². The standard InChI is InChI=1S/C17H32N2/c1-3-16-11-18-17(9-4-5-10-17)13-19(16)12-15-8-6-7-14(15)2/h14-16,18H,3-13H2,1-2H3. The number of nitrogens with one attached hydrogen (secondary N) is 1. The second-order valence-corrected chi connectivity index (χ2v) is 7.53. The molecule has 3 rings (SSSR count). The van der Waals surface area contributed by atoms with Crippen molar-refractivity contribution in [1.29, 1.82) is 0 Å². The van der Waals surface area contributed by atoms with Crippen LogP contribution in [-0.4, -0.2) is 36.1 Å². The average molecular weight is 264 g/mol. The Bertz CT molecular complexity index is 296. The quantitative estimate of drug-likeness (QED) is 0.840. The molecule has 0 aromatic carbocycles. The summed E-state index contributed by atoms with van der Waals surface area (Å²) in [4.78, 5) is 2.87. The lowest BCUT2D eigenvalue weighted by molar-refractivity contribution is 0.0593. The van der Waals surface area contributed by atoms with E-state index in [1.54, 1.807) is 0 Å². The molecule has 19 heavy (non-hydrogen) atoms. The van der Waals surface area contributed by atoms with Gasteiger partial charge in [-0.2, -0.15) is 0 Å². The topological polar surface area (TPSA) is 15.3 Å². The van der Waals surface area contributed by atoms with Gasteiger partial charge in [0, 0.05) is 31.2 Å². The Morgan fingerprint density at radius 2 is 1.95 bits per heavy atom. The van der Waals surface area contributed by atoms with Crippen LogP contribution in [0.5, 0.6) is 0 Å². The first kappa shape index (κ1) is 13.9. The van der Waals surface area contributed by atoms with E-state index in [1.165, 1.54) is 71.0 Å². The Morgan fingerprint density at radius 3 is 2.58 bits per heavy atom. The number of hydrogen-bond acceptors (Lipinski definition) is 2. The van der Waals surface area contributed by atoms with Crippen molar-refractivity contribution in [2.24, 2.45) is 11.8 Å². The van der Waals surface area contributed by atoms with Crippen LogP contribution in [0.25, 0.3) is 0 Å². The molecule has 0 aromatic rings. The number of hydrogen-bond donors (Lipinski definition) is 1. The summed E-state index contributed by atoms with van der Waals surface area (Å²) < 4.78 is 0. The van der Waals surface area contributed by atoms with Crippen LogP contribution >= 0.6 is 0 Å². The maximum Gasteiger partial charge on any atom is 0.0309 e. The van der Waals surface area contributed by atoms with Crippen molar-refractivity contribution < 1.29 is 0 Å². The van der Waals surface area contributed by atoms with Gasteiger partial charge in [-0.05, 0) is 37.5 Å². The molecule has 0 aromatic heterocycles. The van der Waals surface area contributed by atoms with E-state index in [4.69, 9.17) is 0 Å². The van der Waals surface area contributed by atoms with E-state index >= 15 is 0 Å². The Labute approximate surface area is 119 Å². The first-order valence-corrected chi connectivity index (χ1v) is 8.71. The molecular weight excluding hydrogens is 232 g/mol. The molecule has 0 radical (unpaired) electrons. The van der Waals surface area contributed by atoms with E-state index in [9.17, 15) is 0 Å². The molecular formula is C17H32N2. The van der Waals surface area contributed by atoms with Crippen LogP contribution in [0.4, 0.5) is 0 Å². The molecule has 1 heterocycles. The normalized spacial score (nSPS) is 39.2. The molecule has 3 unspecified atom stereocenters. The number of rotatable bonds is 3. The lowest BCUT2D eigenvalue weighted by Gasteiger charge is -2.47. The minimum absolute atomic E-state index is 0.494.